The average Bonchev–Trinajstić information content (AvgIpc) is 3.72. The molecule has 0 radical (unpaired) electrons. The number of fused-ring (bicyclic) bond motifs is 2. The molecule has 6 heteroatoms. The minimum absolute atomic E-state index is 0.0517. The lowest BCUT2D eigenvalue weighted by molar-refractivity contribution is 0.0966. The van der Waals surface area contributed by atoms with Crippen molar-refractivity contribution in [3.8, 4) is 22.5 Å². The molecule has 1 saturated carbocycles. The van der Waals surface area contributed by atoms with E-state index in [9.17, 15) is 14.0 Å². The van der Waals surface area contributed by atoms with Crippen molar-refractivity contribution in [2.24, 2.45) is 0 Å². The van der Waals surface area contributed by atoms with Crippen LogP contribution in [0.3, 0.4) is 0 Å². The van der Waals surface area contributed by atoms with Gasteiger partial charge in [-0.3, -0.25) is 19.6 Å². The minimum atomic E-state index is -0.353. The maximum absolute atomic E-state index is 13.7. The third-order valence-corrected chi connectivity index (χ3v) is 8.65. The highest BCUT2D eigenvalue weighted by Crippen LogP contribution is 2.51. The molecule has 43 heavy (non-hydrogen) atoms. The first-order chi connectivity index (χ1) is 20.8. The molecule has 7 rings (SSSR count). The van der Waals surface area contributed by atoms with Crippen molar-refractivity contribution < 1.29 is 18.4 Å². The molecule has 6 aromatic rings. The SMILES string of the molecule is CCC(=O)c1c(-c2ccc(F)cc2)oc2ccc(-c3cc(C(=O)CC4(c5ccc6cnccc6n5)CC4)ccc3C)cc12. The number of carbonyl (C=O) groups excluding carboxylic acids is 2. The largest absolute Gasteiger partial charge is 0.455 e. The number of hydrogen-bond acceptors (Lipinski definition) is 5. The molecule has 1 aliphatic carbocycles. The zero-order valence-electron chi connectivity index (χ0n) is 24.0. The van der Waals surface area contributed by atoms with Gasteiger partial charge in [-0.25, -0.2) is 4.39 Å². The third kappa shape index (κ3) is 4.83. The van der Waals surface area contributed by atoms with Gasteiger partial charge in [0.05, 0.1) is 11.1 Å². The van der Waals surface area contributed by atoms with Crippen LogP contribution in [-0.2, 0) is 5.41 Å². The Morgan fingerprint density at radius 3 is 2.47 bits per heavy atom. The lowest BCUT2D eigenvalue weighted by atomic mass is 9.89. The summed E-state index contributed by atoms with van der Waals surface area (Å²) in [6, 6.07) is 23.5. The van der Waals surface area contributed by atoms with Gasteiger partial charge < -0.3 is 4.42 Å². The zero-order valence-corrected chi connectivity index (χ0v) is 24.0. The maximum Gasteiger partial charge on any atom is 0.167 e. The van der Waals surface area contributed by atoms with Crippen molar-refractivity contribution in [2.45, 2.75) is 44.9 Å². The van der Waals surface area contributed by atoms with E-state index in [1.165, 1.54) is 12.1 Å². The smallest absolute Gasteiger partial charge is 0.167 e. The Morgan fingerprint density at radius 2 is 1.70 bits per heavy atom. The van der Waals surface area contributed by atoms with Gasteiger partial charge in [-0.15, -0.1) is 0 Å². The molecule has 3 aromatic carbocycles. The number of pyridine rings is 2. The Hall–Kier alpha value is -4.97. The van der Waals surface area contributed by atoms with E-state index in [0.717, 1.165) is 46.1 Å². The molecular formula is C37H29FN2O3. The van der Waals surface area contributed by atoms with Crippen LogP contribution >= 0.6 is 0 Å². The molecular weight excluding hydrogens is 539 g/mol. The van der Waals surface area contributed by atoms with Crippen LogP contribution in [0.5, 0.6) is 0 Å². The molecule has 1 aliphatic rings. The maximum atomic E-state index is 13.7. The fourth-order valence-corrected chi connectivity index (χ4v) is 5.97. The van der Waals surface area contributed by atoms with Crippen molar-refractivity contribution >= 4 is 33.4 Å². The lowest BCUT2D eigenvalue weighted by Gasteiger charge is -2.15. The predicted octanol–water partition coefficient (Wildman–Crippen LogP) is 9.05. The van der Waals surface area contributed by atoms with Crippen LogP contribution in [0.1, 0.15) is 64.6 Å². The molecule has 0 saturated heterocycles. The van der Waals surface area contributed by atoms with Gasteiger partial charge in [-0.05, 0) is 97.1 Å². The van der Waals surface area contributed by atoms with Gasteiger partial charge in [0.1, 0.15) is 17.2 Å². The van der Waals surface area contributed by atoms with Crippen LogP contribution in [0.4, 0.5) is 4.39 Å². The van der Waals surface area contributed by atoms with E-state index < -0.39 is 0 Å². The normalized spacial score (nSPS) is 13.8. The predicted molar refractivity (Wildman–Crippen MR) is 166 cm³/mol. The second-order valence-corrected chi connectivity index (χ2v) is 11.5. The second-order valence-electron chi connectivity index (χ2n) is 11.5. The highest BCUT2D eigenvalue weighted by atomic mass is 19.1. The molecule has 0 spiro atoms. The lowest BCUT2D eigenvalue weighted by Crippen LogP contribution is -2.15. The molecule has 5 nitrogen and oxygen atoms in total. The summed E-state index contributed by atoms with van der Waals surface area (Å²) in [5.74, 6) is 0.117. The van der Waals surface area contributed by atoms with Gasteiger partial charge in [0.2, 0.25) is 0 Å². The van der Waals surface area contributed by atoms with Gasteiger partial charge in [0.25, 0.3) is 0 Å². The number of furan rings is 1. The summed E-state index contributed by atoms with van der Waals surface area (Å²) in [4.78, 5) is 35.9. The molecule has 3 heterocycles. The van der Waals surface area contributed by atoms with Crippen LogP contribution in [0, 0.1) is 12.7 Å². The van der Waals surface area contributed by atoms with Crippen LogP contribution in [0.25, 0.3) is 44.3 Å². The van der Waals surface area contributed by atoms with Crippen molar-refractivity contribution in [2.75, 3.05) is 0 Å². The van der Waals surface area contributed by atoms with E-state index in [4.69, 9.17) is 9.40 Å². The van der Waals surface area contributed by atoms with Crippen molar-refractivity contribution in [3.63, 3.8) is 0 Å². The summed E-state index contributed by atoms with van der Waals surface area (Å²) in [6.07, 6.45) is 6.11. The number of benzene rings is 3. The fraction of sp³-hybridized carbons (Fsp3) is 0.189. The standard InChI is InChI=1S/C37H29FN2O3/c1-3-31(41)35-29-18-24(8-12-33(29)43-36(35)23-6-10-27(38)11-7-23)28-19-25(5-4-22(28)2)32(42)20-37(15-16-37)34-13-9-26-21-39-17-14-30(26)40-34/h4-14,17-19,21H,3,15-16,20H2,1-2H3. The topological polar surface area (TPSA) is 73.1 Å². The van der Waals surface area contributed by atoms with Gasteiger partial charge in [0.15, 0.2) is 11.6 Å². The third-order valence-electron chi connectivity index (χ3n) is 8.65. The number of aryl methyl sites for hydroxylation is 1. The quantitative estimate of drug-likeness (QED) is 0.171. The molecule has 0 N–H and O–H groups in total. The summed E-state index contributed by atoms with van der Waals surface area (Å²) in [5.41, 5.74) is 6.82. The Labute approximate surface area is 248 Å². The number of aromatic nitrogens is 2. The highest BCUT2D eigenvalue weighted by molar-refractivity contribution is 6.13. The van der Waals surface area contributed by atoms with Crippen LogP contribution < -0.4 is 0 Å². The summed E-state index contributed by atoms with van der Waals surface area (Å²) < 4.78 is 19.8. The van der Waals surface area contributed by atoms with E-state index in [1.807, 2.05) is 68.4 Å². The average molecular weight is 569 g/mol. The van der Waals surface area contributed by atoms with Crippen LogP contribution in [0.2, 0.25) is 0 Å². The van der Waals surface area contributed by atoms with Gasteiger partial charge >= 0.3 is 0 Å². The molecule has 0 bridgehead atoms. The molecule has 0 unspecified atom stereocenters. The minimum Gasteiger partial charge on any atom is -0.455 e. The van der Waals surface area contributed by atoms with Crippen molar-refractivity contribution in [3.05, 3.63) is 119 Å². The number of ketones is 2. The van der Waals surface area contributed by atoms with E-state index >= 15 is 0 Å². The Bertz CT molecular complexity index is 2060. The molecule has 0 amide bonds. The number of Topliss-reactive ketones (excluding diaryl/α,β-unsaturated/α-hetero) is 2. The van der Waals surface area contributed by atoms with E-state index in [0.29, 0.717) is 46.3 Å². The van der Waals surface area contributed by atoms with Gasteiger partial charge in [-0.1, -0.05) is 25.1 Å². The van der Waals surface area contributed by atoms with Gasteiger partial charge in [0, 0.05) is 58.2 Å². The number of hydrogen-bond donors (Lipinski definition) is 0. The monoisotopic (exact) mass is 568 g/mol. The first-order valence-corrected chi connectivity index (χ1v) is 14.6. The number of carbonyl (C=O) groups is 2. The molecule has 212 valence electrons. The molecule has 0 atom stereocenters. The zero-order chi connectivity index (χ0) is 29.7. The summed E-state index contributed by atoms with van der Waals surface area (Å²) >= 11 is 0. The van der Waals surface area contributed by atoms with Crippen molar-refractivity contribution in [1.29, 1.82) is 0 Å². The molecule has 3 aromatic heterocycles. The van der Waals surface area contributed by atoms with Crippen LogP contribution in [0.15, 0.2) is 95.7 Å². The summed E-state index contributed by atoms with van der Waals surface area (Å²) in [6.45, 7) is 3.83. The summed E-state index contributed by atoms with van der Waals surface area (Å²) in [7, 11) is 0. The van der Waals surface area contributed by atoms with E-state index in [2.05, 4.69) is 4.98 Å². The van der Waals surface area contributed by atoms with E-state index in [1.54, 1.807) is 24.5 Å². The Balaban J connectivity index is 1.24. The molecule has 0 aliphatic heterocycles. The number of rotatable bonds is 8. The first-order valence-electron chi connectivity index (χ1n) is 14.6. The number of nitrogens with zero attached hydrogens (tertiary/aromatic N) is 2. The number of halogens is 1. The Kier molecular flexibility index (Phi) is 6.50. The summed E-state index contributed by atoms with van der Waals surface area (Å²) in [5, 5.41) is 1.69. The van der Waals surface area contributed by atoms with Gasteiger partial charge in [-0.2, -0.15) is 0 Å². The van der Waals surface area contributed by atoms with Crippen molar-refractivity contribution in [1.82, 2.24) is 9.97 Å². The Morgan fingerprint density at radius 1 is 0.907 bits per heavy atom. The molecule has 1 fully saturated rings. The first kappa shape index (κ1) is 26.9. The van der Waals surface area contributed by atoms with Crippen LogP contribution in [-0.4, -0.2) is 21.5 Å². The fourth-order valence-electron chi connectivity index (χ4n) is 5.97. The second kappa shape index (κ2) is 10.4. The van der Waals surface area contributed by atoms with E-state index in [-0.39, 0.29) is 22.8 Å². The highest BCUT2D eigenvalue weighted by Gasteiger charge is 2.47.